The summed E-state index contributed by atoms with van der Waals surface area (Å²) in [5.74, 6) is -0.0232. The van der Waals surface area contributed by atoms with Gasteiger partial charge in [0.25, 0.3) is 0 Å². The van der Waals surface area contributed by atoms with E-state index in [4.69, 9.17) is 4.74 Å². The summed E-state index contributed by atoms with van der Waals surface area (Å²) in [6.07, 6.45) is 1.39. The van der Waals surface area contributed by atoms with Gasteiger partial charge >= 0.3 is 0 Å². The number of alkyl halides is 1. The normalized spacial score (nSPS) is 12.2. The number of hydrogen-bond donors (Lipinski definition) is 1. The van der Waals surface area contributed by atoms with Crippen LogP contribution in [0.5, 0.6) is 0 Å². The van der Waals surface area contributed by atoms with Gasteiger partial charge < -0.3 is 10.1 Å². The molecule has 4 heteroatoms. The molecule has 1 aromatic rings. The average molecular weight is 337 g/mol. The maximum absolute atomic E-state index is 12.5. The molecular formula is C20H32FNO2. The first-order valence-corrected chi connectivity index (χ1v) is 8.66. The van der Waals surface area contributed by atoms with Crippen LogP contribution in [0.3, 0.4) is 0 Å². The lowest BCUT2D eigenvalue weighted by atomic mass is 9.91. The molecule has 1 N–H and O–H groups in total. The molecule has 0 saturated carbocycles. The molecule has 0 aliphatic heterocycles. The van der Waals surface area contributed by atoms with E-state index in [1.807, 2.05) is 0 Å². The zero-order valence-corrected chi connectivity index (χ0v) is 15.7. The number of ether oxygens (including phenoxy) is 1. The molecule has 1 rings (SSSR count). The van der Waals surface area contributed by atoms with E-state index >= 15 is 0 Å². The average Bonchev–Trinajstić information content (AvgIpc) is 2.53. The molecule has 0 fully saturated rings. The Kier molecular flexibility index (Phi) is 7.88. The number of carbonyl (C=O) groups is 1. The van der Waals surface area contributed by atoms with Crippen molar-refractivity contribution in [3.63, 3.8) is 0 Å². The highest BCUT2D eigenvalue weighted by Crippen LogP contribution is 2.22. The van der Waals surface area contributed by atoms with Crippen molar-refractivity contribution in [2.45, 2.75) is 54.1 Å². The molecule has 0 atom stereocenters. The van der Waals surface area contributed by atoms with Crippen LogP contribution in [0.2, 0.25) is 0 Å². The van der Waals surface area contributed by atoms with Crippen molar-refractivity contribution in [2.75, 3.05) is 19.8 Å². The van der Waals surface area contributed by atoms with Crippen LogP contribution in [0.25, 0.3) is 0 Å². The molecule has 0 aliphatic carbocycles. The summed E-state index contributed by atoms with van der Waals surface area (Å²) in [4.78, 5) is 12.1. The van der Waals surface area contributed by atoms with Gasteiger partial charge in [-0.1, -0.05) is 58.9 Å². The molecule has 0 aliphatic rings. The predicted molar refractivity (Wildman–Crippen MR) is 96.6 cm³/mol. The van der Waals surface area contributed by atoms with Gasteiger partial charge in [0, 0.05) is 12.0 Å². The lowest BCUT2D eigenvalue weighted by Crippen LogP contribution is -2.38. The third kappa shape index (κ3) is 7.91. The molecule has 1 amide bonds. The van der Waals surface area contributed by atoms with E-state index in [1.54, 1.807) is 24.3 Å². The zero-order valence-electron chi connectivity index (χ0n) is 15.7. The number of carbonyl (C=O) groups excluding carboxylic acids is 1. The number of rotatable bonds is 10. The summed E-state index contributed by atoms with van der Waals surface area (Å²) in [6.45, 7) is 12.1. The fraction of sp³-hybridized carbons (Fsp3) is 0.650. The standard InChI is InChI=1S/C20H32FNO2/c1-6-19(2,3)14-24-15-20(4,5)13-22-18(23)11-16-7-9-17(12-21)10-8-16/h7-10H,6,11-15H2,1-5H3,(H,22,23). The Morgan fingerprint density at radius 2 is 1.58 bits per heavy atom. The van der Waals surface area contributed by atoms with Crippen molar-refractivity contribution in [3.05, 3.63) is 35.4 Å². The second-order valence-corrected chi connectivity index (χ2v) is 8.08. The Balaban J connectivity index is 2.35. The fourth-order valence-electron chi connectivity index (χ4n) is 2.09. The first-order chi connectivity index (χ1) is 11.2. The van der Waals surface area contributed by atoms with E-state index in [1.165, 1.54) is 0 Å². The van der Waals surface area contributed by atoms with Crippen molar-refractivity contribution >= 4 is 5.91 Å². The van der Waals surface area contributed by atoms with Gasteiger partial charge in [-0.25, -0.2) is 4.39 Å². The molecule has 0 spiro atoms. The van der Waals surface area contributed by atoms with Crippen molar-refractivity contribution < 1.29 is 13.9 Å². The van der Waals surface area contributed by atoms with Crippen LogP contribution in [0.1, 0.15) is 52.2 Å². The van der Waals surface area contributed by atoms with Crippen molar-refractivity contribution in [3.8, 4) is 0 Å². The minimum Gasteiger partial charge on any atom is -0.380 e. The molecule has 0 saturated heterocycles. The van der Waals surface area contributed by atoms with Crippen molar-refractivity contribution in [2.24, 2.45) is 10.8 Å². The number of amides is 1. The lowest BCUT2D eigenvalue weighted by molar-refractivity contribution is -0.121. The lowest BCUT2D eigenvalue weighted by Gasteiger charge is -2.28. The zero-order chi connectivity index (χ0) is 18.2. The molecule has 0 aromatic heterocycles. The Hall–Kier alpha value is -1.42. The Bertz CT molecular complexity index is 509. The first-order valence-electron chi connectivity index (χ1n) is 8.66. The fourth-order valence-corrected chi connectivity index (χ4v) is 2.09. The van der Waals surface area contributed by atoms with Gasteiger partial charge in [0.05, 0.1) is 19.6 Å². The molecule has 3 nitrogen and oxygen atoms in total. The predicted octanol–water partition coefficient (Wildman–Crippen LogP) is 4.29. The highest BCUT2D eigenvalue weighted by molar-refractivity contribution is 5.78. The summed E-state index contributed by atoms with van der Waals surface area (Å²) in [5, 5.41) is 2.97. The first kappa shape index (κ1) is 20.6. The second-order valence-electron chi connectivity index (χ2n) is 8.08. The third-order valence-electron chi connectivity index (χ3n) is 4.25. The third-order valence-corrected chi connectivity index (χ3v) is 4.25. The van der Waals surface area contributed by atoms with Crippen molar-refractivity contribution in [1.82, 2.24) is 5.32 Å². The van der Waals surface area contributed by atoms with Crippen molar-refractivity contribution in [1.29, 1.82) is 0 Å². The monoisotopic (exact) mass is 337 g/mol. The van der Waals surface area contributed by atoms with Crippen LogP contribution < -0.4 is 5.32 Å². The molecule has 0 unspecified atom stereocenters. The van der Waals surface area contributed by atoms with Gasteiger partial charge in [0.2, 0.25) is 5.91 Å². The number of hydrogen-bond acceptors (Lipinski definition) is 2. The number of nitrogens with one attached hydrogen (secondary N) is 1. The van der Waals surface area contributed by atoms with Crippen LogP contribution in [0, 0.1) is 10.8 Å². The van der Waals surface area contributed by atoms with Gasteiger partial charge in [-0.05, 0) is 23.0 Å². The molecule has 24 heavy (non-hydrogen) atoms. The number of benzene rings is 1. The van der Waals surface area contributed by atoms with Crippen LogP contribution in [0.4, 0.5) is 4.39 Å². The summed E-state index contributed by atoms with van der Waals surface area (Å²) in [5.41, 5.74) is 1.60. The van der Waals surface area contributed by atoms with E-state index in [0.29, 0.717) is 25.1 Å². The van der Waals surface area contributed by atoms with E-state index in [-0.39, 0.29) is 16.7 Å². The van der Waals surface area contributed by atoms with Crippen LogP contribution in [-0.2, 0) is 22.6 Å². The highest BCUT2D eigenvalue weighted by Gasteiger charge is 2.22. The molecule has 0 heterocycles. The molecule has 0 radical (unpaired) electrons. The maximum Gasteiger partial charge on any atom is 0.224 e. The molecule has 1 aromatic carbocycles. The van der Waals surface area contributed by atoms with E-state index in [2.05, 4.69) is 39.9 Å². The van der Waals surface area contributed by atoms with Gasteiger partial charge in [-0.2, -0.15) is 0 Å². The smallest absolute Gasteiger partial charge is 0.224 e. The van der Waals surface area contributed by atoms with Gasteiger partial charge in [-0.15, -0.1) is 0 Å². The van der Waals surface area contributed by atoms with Gasteiger partial charge in [0.15, 0.2) is 0 Å². The van der Waals surface area contributed by atoms with E-state index in [9.17, 15) is 9.18 Å². The Morgan fingerprint density at radius 1 is 1.04 bits per heavy atom. The Labute approximate surface area is 146 Å². The maximum atomic E-state index is 12.5. The minimum absolute atomic E-state index is 0.0232. The molecule has 0 bridgehead atoms. The Morgan fingerprint density at radius 3 is 2.12 bits per heavy atom. The largest absolute Gasteiger partial charge is 0.380 e. The van der Waals surface area contributed by atoms with E-state index < -0.39 is 6.67 Å². The summed E-state index contributed by atoms with van der Waals surface area (Å²) in [7, 11) is 0. The van der Waals surface area contributed by atoms with Gasteiger partial charge in [0.1, 0.15) is 6.67 Å². The molecular weight excluding hydrogens is 305 g/mol. The summed E-state index contributed by atoms with van der Waals surface area (Å²) < 4.78 is 18.3. The summed E-state index contributed by atoms with van der Waals surface area (Å²) in [6, 6.07) is 7.04. The van der Waals surface area contributed by atoms with E-state index in [0.717, 1.165) is 18.6 Å². The van der Waals surface area contributed by atoms with Crippen LogP contribution >= 0.6 is 0 Å². The second kappa shape index (κ2) is 9.16. The summed E-state index contributed by atoms with van der Waals surface area (Å²) >= 11 is 0. The van der Waals surface area contributed by atoms with Gasteiger partial charge in [-0.3, -0.25) is 4.79 Å². The molecule has 136 valence electrons. The van der Waals surface area contributed by atoms with Crippen LogP contribution in [-0.4, -0.2) is 25.7 Å². The SMILES string of the molecule is CCC(C)(C)COCC(C)(C)CNC(=O)Cc1ccc(CF)cc1. The quantitative estimate of drug-likeness (QED) is 0.691. The minimum atomic E-state index is -0.477. The van der Waals surface area contributed by atoms with Crippen LogP contribution in [0.15, 0.2) is 24.3 Å². The highest BCUT2D eigenvalue weighted by atomic mass is 19.1. The topological polar surface area (TPSA) is 38.3 Å². The number of halogens is 1.